The predicted molar refractivity (Wildman–Crippen MR) is 95.8 cm³/mol. The van der Waals surface area contributed by atoms with Gasteiger partial charge in [0, 0.05) is 12.1 Å². The Bertz CT molecular complexity index is 562. The smallest absolute Gasteiger partial charge is 0.321 e. The molecule has 0 heterocycles. The van der Waals surface area contributed by atoms with Gasteiger partial charge in [-0.3, -0.25) is 10.1 Å². The number of carbonyl (C=O) groups is 2. The van der Waals surface area contributed by atoms with E-state index in [4.69, 9.17) is 0 Å². The van der Waals surface area contributed by atoms with Crippen molar-refractivity contribution in [2.75, 3.05) is 6.54 Å². The number of benzene rings is 1. The molecule has 1 aliphatic rings. The van der Waals surface area contributed by atoms with Crippen molar-refractivity contribution in [3.05, 3.63) is 35.4 Å². The minimum Gasteiger partial charge on any atom is -0.335 e. The maximum atomic E-state index is 11.9. The highest BCUT2D eigenvalue weighted by atomic mass is 16.2. The average molecular weight is 331 g/mol. The van der Waals surface area contributed by atoms with Crippen LogP contribution in [-0.2, 0) is 4.79 Å². The van der Waals surface area contributed by atoms with Gasteiger partial charge in [0.25, 0.3) is 0 Å². The Morgan fingerprint density at radius 3 is 2.12 bits per heavy atom. The highest BCUT2D eigenvalue weighted by Crippen LogP contribution is 2.24. The van der Waals surface area contributed by atoms with Gasteiger partial charge in [-0.15, -0.1) is 0 Å². The Kier molecular flexibility index (Phi) is 6.37. The Balaban J connectivity index is 1.88. The normalized spacial score (nSPS) is 15.4. The zero-order valence-corrected chi connectivity index (χ0v) is 15.1. The standard InChI is InChI=1S/C19H29N3O2/c1-12(2)14-5-7-15(8-6-14)18(13(3)4)20-11-17(23)22-19(24)21-16-9-10-16/h5-8,12-13,16,18,20H,9-11H2,1-4H3,(H2,21,22,23,24)/t18-/m1/s1. The van der Waals surface area contributed by atoms with Crippen LogP contribution in [0.4, 0.5) is 4.79 Å². The molecule has 5 heteroatoms. The molecular formula is C19H29N3O2. The summed E-state index contributed by atoms with van der Waals surface area (Å²) in [5.41, 5.74) is 2.46. The summed E-state index contributed by atoms with van der Waals surface area (Å²) in [6.07, 6.45) is 2.00. The molecule has 0 saturated heterocycles. The molecule has 0 aromatic heterocycles. The highest BCUT2D eigenvalue weighted by Gasteiger charge is 2.24. The molecule has 1 aromatic carbocycles. The first-order valence-electron chi connectivity index (χ1n) is 8.80. The van der Waals surface area contributed by atoms with Crippen molar-refractivity contribution in [3.8, 4) is 0 Å². The number of imide groups is 1. The van der Waals surface area contributed by atoms with Crippen LogP contribution in [0.2, 0.25) is 0 Å². The minimum absolute atomic E-state index is 0.0726. The molecule has 2 rings (SSSR count). The summed E-state index contributed by atoms with van der Waals surface area (Å²) in [7, 11) is 0. The van der Waals surface area contributed by atoms with Gasteiger partial charge in [-0.2, -0.15) is 0 Å². The molecule has 3 N–H and O–H groups in total. The van der Waals surface area contributed by atoms with E-state index in [1.165, 1.54) is 5.56 Å². The van der Waals surface area contributed by atoms with Crippen molar-refractivity contribution in [1.82, 2.24) is 16.0 Å². The van der Waals surface area contributed by atoms with Crippen molar-refractivity contribution < 1.29 is 9.59 Å². The molecular weight excluding hydrogens is 302 g/mol. The van der Waals surface area contributed by atoms with Crippen molar-refractivity contribution >= 4 is 11.9 Å². The third-order valence-electron chi connectivity index (χ3n) is 4.28. The van der Waals surface area contributed by atoms with Crippen LogP contribution in [0, 0.1) is 5.92 Å². The lowest BCUT2D eigenvalue weighted by molar-refractivity contribution is -0.119. The van der Waals surface area contributed by atoms with Crippen molar-refractivity contribution in [1.29, 1.82) is 0 Å². The largest absolute Gasteiger partial charge is 0.335 e. The first-order valence-corrected chi connectivity index (χ1v) is 8.80. The monoisotopic (exact) mass is 331 g/mol. The van der Waals surface area contributed by atoms with Crippen LogP contribution in [0.5, 0.6) is 0 Å². The second kappa shape index (κ2) is 8.29. The lowest BCUT2D eigenvalue weighted by atomic mass is 9.93. The van der Waals surface area contributed by atoms with E-state index in [2.05, 4.69) is 67.9 Å². The number of hydrogen-bond donors (Lipinski definition) is 3. The molecule has 0 spiro atoms. The van der Waals surface area contributed by atoms with E-state index < -0.39 is 6.03 Å². The van der Waals surface area contributed by atoms with Gasteiger partial charge in [0.2, 0.25) is 5.91 Å². The zero-order chi connectivity index (χ0) is 17.7. The number of carbonyl (C=O) groups excluding carboxylic acids is 2. The molecule has 5 nitrogen and oxygen atoms in total. The summed E-state index contributed by atoms with van der Waals surface area (Å²) in [4.78, 5) is 23.5. The number of amides is 3. The quantitative estimate of drug-likeness (QED) is 0.719. The summed E-state index contributed by atoms with van der Waals surface area (Å²) >= 11 is 0. The molecule has 3 amide bonds. The SMILES string of the molecule is CC(C)c1ccc([C@H](NCC(=O)NC(=O)NC2CC2)C(C)C)cc1. The third-order valence-corrected chi connectivity index (χ3v) is 4.28. The van der Waals surface area contributed by atoms with Gasteiger partial charge in [-0.05, 0) is 35.8 Å². The average Bonchev–Trinajstić information content (AvgIpc) is 3.31. The number of rotatable bonds is 7. The van der Waals surface area contributed by atoms with E-state index in [1.807, 2.05) is 0 Å². The molecule has 1 aliphatic carbocycles. The van der Waals surface area contributed by atoms with Gasteiger partial charge in [0.15, 0.2) is 0 Å². The van der Waals surface area contributed by atoms with E-state index >= 15 is 0 Å². The van der Waals surface area contributed by atoms with E-state index in [1.54, 1.807) is 0 Å². The molecule has 0 bridgehead atoms. The zero-order valence-electron chi connectivity index (χ0n) is 15.1. The molecule has 0 aliphatic heterocycles. The first-order chi connectivity index (χ1) is 11.4. The first kappa shape index (κ1) is 18.5. The number of nitrogens with one attached hydrogen (secondary N) is 3. The fourth-order valence-corrected chi connectivity index (χ4v) is 2.65. The second-order valence-corrected chi connectivity index (χ2v) is 7.22. The Morgan fingerprint density at radius 1 is 1.04 bits per heavy atom. The lowest BCUT2D eigenvalue weighted by Crippen LogP contribution is -2.45. The molecule has 0 unspecified atom stereocenters. The van der Waals surface area contributed by atoms with Crippen LogP contribution in [0.25, 0.3) is 0 Å². The van der Waals surface area contributed by atoms with E-state index in [0.717, 1.165) is 18.4 Å². The van der Waals surface area contributed by atoms with Crippen LogP contribution in [-0.4, -0.2) is 24.5 Å². The van der Waals surface area contributed by atoms with Gasteiger partial charge < -0.3 is 10.6 Å². The topological polar surface area (TPSA) is 70.2 Å². The van der Waals surface area contributed by atoms with Crippen LogP contribution < -0.4 is 16.0 Å². The van der Waals surface area contributed by atoms with Crippen LogP contribution in [0.15, 0.2) is 24.3 Å². The maximum absolute atomic E-state index is 11.9. The molecule has 1 aromatic rings. The summed E-state index contributed by atoms with van der Waals surface area (Å²) in [5, 5.41) is 8.38. The van der Waals surface area contributed by atoms with Crippen LogP contribution in [0.1, 0.15) is 63.6 Å². The van der Waals surface area contributed by atoms with Gasteiger partial charge in [-0.25, -0.2) is 4.79 Å². The van der Waals surface area contributed by atoms with E-state index in [-0.39, 0.29) is 24.5 Å². The molecule has 1 saturated carbocycles. The molecule has 1 atom stereocenters. The number of urea groups is 1. The van der Waals surface area contributed by atoms with Gasteiger partial charge in [0.05, 0.1) is 6.54 Å². The summed E-state index contributed by atoms with van der Waals surface area (Å²) in [5.74, 6) is 0.529. The minimum atomic E-state index is -0.397. The molecule has 24 heavy (non-hydrogen) atoms. The lowest BCUT2D eigenvalue weighted by Gasteiger charge is -2.23. The Labute approximate surface area is 144 Å². The Hall–Kier alpha value is -1.88. The van der Waals surface area contributed by atoms with Gasteiger partial charge >= 0.3 is 6.03 Å². The summed E-state index contributed by atoms with van der Waals surface area (Å²) < 4.78 is 0. The van der Waals surface area contributed by atoms with Crippen LogP contribution in [0.3, 0.4) is 0 Å². The second-order valence-electron chi connectivity index (χ2n) is 7.22. The van der Waals surface area contributed by atoms with Crippen molar-refractivity contribution in [2.24, 2.45) is 5.92 Å². The molecule has 1 fully saturated rings. The van der Waals surface area contributed by atoms with Crippen LogP contribution >= 0.6 is 0 Å². The fraction of sp³-hybridized carbons (Fsp3) is 0.579. The van der Waals surface area contributed by atoms with E-state index in [0.29, 0.717) is 11.8 Å². The number of hydrogen-bond acceptors (Lipinski definition) is 3. The third kappa shape index (κ3) is 5.64. The van der Waals surface area contributed by atoms with Crippen molar-refractivity contribution in [2.45, 2.75) is 58.5 Å². The van der Waals surface area contributed by atoms with Gasteiger partial charge in [0.1, 0.15) is 0 Å². The van der Waals surface area contributed by atoms with Gasteiger partial charge in [-0.1, -0.05) is 52.0 Å². The summed E-state index contributed by atoms with van der Waals surface area (Å²) in [6, 6.07) is 8.43. The summed E-state index contributed by atoms with van der Waals surface area (Å²) in [6.45, 7) is 8.69. The highest BCUT2D eigenvalue weighted by molar-refractivity contribution is 5.95. The molecule has 0 radical (unpaired) electrons. The predicted octanol–water partition coefficient (Wildman–Crippen LogP) is 3.08. The van der Waals surface area contributed by atoms with E-state index in [9.17, 15) is 9.59 Å². The fourth-order valence-electron chi connectivity index (χ4n) is 2.65. The molecule has 132 valence electrons. The Morgan fingerprint density at radius 2 is 1.62 bits per heavy atom. The van der Waals surface area contributed by atoms with Crippen molar-refractivity contribution in [3.63, 3.8) is 0 Å². The maximum Gasteiger partial charge on any atom is 0.321 e.